The number of benzene rings is 1. The molecule has 0 aromatic heterocycles. The first-order valence-electron chi connectivity index (χ1n) is 5.06. The van der Waals surface area contributed by atoms with Crippen molar-refractivity contribution in [3.8, 4) is 11.5 Å². The van der Waals surface area contributed by atoms with Crippen molar-refractivity contribution >= 4 is 0 Å². The molecule has 0 saturated carbocycles. The Bertz CT molecular complexity index is 376. The molecule has 1 atom stereocenters. The van der Waals surface area contributed by atoms with Crippen molar-refractivity contribution in [3.05, 3.63) is 35.6 Å². The number of hydrogen-bond donors (Lipinski definition) is 3. The lowest BCUT2D eigenvalue weighted by atomic mass is 9.87. The van der Waals surface area contributed by atoms with Crippen LogP contribution in [0.4, 0.5) is 0 Å². The third-order valence-corrected chi connectivity index (χ3v) is 2.77. The summed E-state index contributed by atoms with van der Waals surface area (Å²) in [5, 5.41) is 27.8. The summed E-state index contributed by atoms with van der Waals surface area (Å²) in [5.41, 5.74) is 0.896. The van der Waals surface area contributed by atoms with E-state index in [0.717, 1.165) is 24.8 Å². The molecule has 0 fully saturated rings. The summed E-state index contributed by atoms with van der Waals surface area (Å²) in [6.45, 7) is 0. The van der Waals surface area contributed by atoms with Crippen LogP contribution in [-0.4, -0.2) is 15.3 Å². The average Bonchev–Trinajstić information content (AvgIpc) is 2.14. The lowest BCUT2D eigenvalue weighted by molar-refractivity contribution is 0.283. The Kier molecular flexibility index (Phi) is 2.54. The summed E-state index contributed by atoms with van der Waals surface area (Å²) in [4.78, 5) is 0. The first-order chi connectivity index (χ1) is 7.15. The van der Waals surface area contributed by atoms with Crippen LogP contribution in [0.2, 0.25) is 0 Å². The zero-order chi connectivity index (χ0) is 10.8. The van der Waals surface area contributed by atoms with E-state index >= 15 is 0 Å². The van der Waals surface area contributed by atoms with Crippen molar-refractivity contribution < 1.29 is 15.3 Å². The molecule has 2 rings (SSSR count). The number of allylic oxidation sites excluding steroid dienone is 2. The molecule has 0 aliphatic heterocycles. The number of aryl methyl sites for hydroxylation is 1. The Balaban J connectivity index is 1.96. The van der Waals surface area contributed by atoms with E-state index in [4.69, 9.17) is 0 Å². The zero-order valence-electron chi connectivity index (χ0n) is 8.35. The quantitative estimate of drug-likeness (QED) is 0.712. The molecule has 1 aromatic carbocycles. The van der Waals surface area contributed by atoms with Crippen LogP contribution in [0.5, 0.6) is 11.5 Å². The van der Waals surface area contributed by atoms with Crippen molar-refractivity contribution in [2.75, 3.05) is 0 Å². The Labute approximate surface area is 88.3 Å². The number of hydrogen-bond acceptors (Lipinski definition) is 3. The minimum Gasteiger partial charge on any atom is -0.512 e. The minimum absolute atomic E-state index is 0.0818. The van der Waals surface area contributed by atoms with Gasteiger partial charge in [-0.15, -0.1) is 0 Å². The molecule has 0 spiro atoms. The molecule has 1 aliphatic rings. The molecule has 0 saturated heterocycles. The van der Waals surface area contributed by atoms with Gasteiger partial charge in [-0.25, -0.2) is 0 Å². The highest BCUT2D eigenvalue weighted by Crippen LogP contribution is 2.30. The summed E-state index contributed by atoms with van der Waals surface area (Å²) in [7, 11) is 0. The predicted octanol–water partition coefficient (Wildman–Crippen LogP) is 2.49. The van der Waals surface area contributed by atoms with Gasteiger partial charge in [0.05, 0.1) is 5.76 Å². The highest BCUT2D eigenvalue weighted by atomic mass is 16.3. The van der Waals surface area contributed by atoms with Gasteiger partial charge in [0.25, 0.3) is 0 Å². The Morgan fingerprint density at radius 3 is 2.20 bits per heavy atom. The van der Waals surface area contributed by atoms with E-state index < -0.39 is 0 Å². The molecule has 1 aliphatic carbocycles. The maximum Gasteiger partial charge on any atom is 0.119 e. The highest BCUT2D eigenvalue weighted by molar-refractivity contribution is 5.36. The highest BCUT2D eigenvalue weighted by Gasteiger charge is 2.20. The van der Waals surface area contributed by atoms with Crippen molar-refractivity contribution in [2.45, 2.75) is 19.3 Å². The summed E-state index contributed by atoms with van der Waals surface area (Å²) < 4.78 is 0. The maximum atomic E-state index is 9.26. The van der Waals surface area contributed by atoms with Crippen molar-refractivity contribution in [3.63, 3.8) is 0 Å². The molecule has 15 heavy (non-hydrogen) atoms. The number of aromatic hydroxyl groups is 2. The third-order valence-electron chi connectivity index (χ3n) is 2.77. The van der Waals surface area contributed by atoms with Crippen LogP contribution in [0.3, 0.4) is 0 Å². The van der Waals surface area contributed by atoms with E-state index in [1.807, 2.05) is 6.08 Å². The molecule has 1 unspecified atom stereocenters. The first-order valence-corrected chi connectivity index (χ1v) is 5.06. The van der Waals surface area contributed by atoms with Gasteiger partial charge < -0.3 is 15.3 Å². The average molecular weight is 206 g/mol. The fourth-order valence-electron chi connectivity index (χ4n) is 1.80. The summed E-state index contributed by atoms with van der Waals surface area (Å²) in [6, 6.07) is 4.59. The SMILES string of the molecule is OC1=CCC1CCc1cc(O)cc(O)c1. The molecule has 3 nitrogen and oxygen atoms in total. The molecule has 80 valence electrons. The maximum absolute atomic E-state index is 9.26. The molecular weight excluding hydrogens is 192 g/mol. The Morgan fingerprint density at radius 2 is 1.73 bits per heavy atom. The van der Waals surface area contributed by atoms with Crippen LogP contribution in [0.25, 0.3) is 0 Å². The zero-order valence-corrected chi connectivity index (χ0v) is 8.35. The van der Waals surface area contributed by atoms with E-state index in [9.17, 15) is 15.3 Å². The molecule has 1 aromatic rings. The van der Waals surface area contributed by atoms with Gasteiger partial charge in [-0.1, -0.05) is 0 Å². The van der Waals surface area contributed by atoms with Gasteiger partial charge in [0.1, 0.15) is 11.5 Å². The van der Waals surface area contributed by atoms with E-state index in [0.29, 0.717) is 5.76 Å². The summed E-state index contributed by atoms with van der Waals surface area (Å²) >= 11 is 0. The molecule has 3 heteroatoms. The molecule has 0 amide bonds. The first kappa shape index (κ1) is 9.90. The van der Waals surface area contributed by atoms with Crippen molar-refractivity contribution in [2.24, 2.45) is 5.92 Å². The van der Waals surface area contributed by atoms with Gasteiger partial charge in [-0.2, -0.15) is 0 Å². The second kappa shape index (κ2) is 3.85. The molecule has 0 bridgehead atoms. The second-order valence-electron chi connectivity index (χ2n) is 3.96. The Morgan fingerprint density at radius 1 is 1.07 bits per heavy atom. The lowest BCUT2D eigenvalue weighted by Gasteiger charge is -2.21. The van der Waals surface area contributed by atoms with Crippen LogP contribution >= 0.6 is 0 Å². The van der Waals surface area contributed by atoms with E-state index in [2.05, 4.69) is 0 Å². The largest absolute Gasteiger partial charge is 0.512 e. The number of phenolic OH excluding ortho intramolecular Hbond substituents is 2. The monoisotopic (exact) mass is 206 g/mol. The molecule has 0 radical (unpaired) electrons. The van der Waals surface area contributed by atoms with Crippen LogP contribution in [0.1, 0.15) is 18.4 Å². The van der Waals surface area contributed by atoms with Crippen LogP contribution in [-0.2, 0) is 6.42 Å². The second-order valence-corrected chi connectivity index (χ2v) is 3.96. The third kappa shape index (κ3) is 2.24. The van der Waals surface area contributed by atoms with Gasteiger partial charge in [0.2, 0.25) is 0 Å². The Hall–Kier alpha value is -1.64. The van der Waals surface area contributed by atoms with Crippen LogP contribution in [0.15, 0.2) is 30.0 Å². The van der Waals surface area contributed by atoms with Crippen LogP contribution < -0.4 is 0 Å². The standard InChI is InChI=1S/C12H14O3/c13-10-5-8(6-11(14)7-10)1-2-9-3-4-12(9)15/h4-7,9,13-15H,1-3H2. The van der Waals surface area contributed by atoms with Gasteiger partial charge in [-0.05, 0) is 43.0 Å². The normalized spacial score (nSPS) is 19.5. The number of aliphatic hydroxyl groups is 1. The van der Waals surface area contributed by atoms with Crippen molar-refractivity contribution in [1.82, 2.24) is 0 Å². The van der Waals surface area contributed by atoms with Gasteiger partial charge >= 0.3 is 0 Å². The topological polar surface area (TPSA) is 60.7 Å². The summed E-state index contributed by atoms with van der Waals surface area (Å²) in [5.74, 6) is 0.894. The molecular formula is C12H14O3. The molecule has 3 N–H and O–H groups in total. The minimum atomic E-state index is 0.0818. The van der Waals surface area contributed by atoms with E-state index in [-0.39, 0.29) is 17.4 Å². The number of rotatable bonds is 3. The number of phenols is 2. The van der Waals surface area contributed by atoms with Crippen molar-refractivity contribution in [1.29, 1.82) is 0 Å². The lowest BCUT2D eigenvalue weighted by Crippen LogP contribution is -2.12. The van der Waals surface area contributed by atoms with Crippen LogP contribution in [0, 0.1) is 5.92 Å². The summed E-state index contributed by atoms with van der Waals surface area (Å²) in [6.07, 6.45) is 4.34. The van der Waals surface area contributed by atoms with E-state index in [1.165, 1.54) is 6.07 Å². The predicted molar refractivity (Wildman–Crippen MR) is 56.9 cm³/mol. The molecule has 0 heterocycles. The number of aliphatic hydroxyl groups excluding tert-OH is 1. The van der Waals surface area contributed by atoms with Gasteiger partial charge in [-0.3, -0.25) is 0 Å². The fraction of sp³-hybridized carbons (Fsp3) is 0.333. The smallest absolute Gasteiger partial charge is 0.119 e. The fourth-order valence-corrected chi connectivity index (χ4v) is 1.80. The van der Waals surface area contributed by atoms with Gasteiger partial charge in [0.15, 0.2) is 0 Å². The van der Waals surface area contributed by atoms with Gasteiger partial charge in [0, 0.05) is 12.0 Å². The van der Waals surface area contributed by atoms with E-state index in [1.54, 1.807) is 12.1 Å².